The molecule has 134 valence electrons. The summed E-state index contributed by atoms with van der Waals surface area (Å²) < 4.78 is 5.03. The maximum atomic E-state index is 12.3. The number of nitrogens with zero attached hydrogens (tertiary/aromatic N) is 3. The lowest BCUT2D eigenvalue weighted by Crippen LogP contribution is -2.48. The van der Waals surface area contributed by atoms with Crippen LogP contribution in [0.5, 0.6) is 0 Å². The smallest absolute Gasteiger partial charge is 0.223 e. The first-order chi connectivity index (χ1) is 12.2. The number of aliphatic hydroxyl groups is 1. The van der Waals surface area contributed by atoms with Crippen LogP contribution in [0.3, 0.4) is 0 Å². The van der Waals surface area contributed by atoms with Crippen molar-refractivity contribution in [3.05, 3.63) is 52.4 Å². The number of carbonyl (C=O) groups excluding carboxylic acids is 1. The summed E-state index contributed by atoms with van der Waals surface area (Å²) in [6.45, 7) is 3.96. The highest BCUT2D eigenvalue weighted by atomic mass is 35.5. The highest BCUT2D eigenvalue weighted by molar-refractivity contribution is 6.29. The molecule has 1 saturated heterocycles. The van der Waals surface area contributed by atoms with Gasteiger partial charge in [0.25, 0.3) is 0 Å². The summed E-state index contributed by atoms with van der Waals surface area (Å²) in [6.07, 6.45) is 0.918. The van der Waals surface area contributed by atoms with E-state index in [1.165, 1.54) is 0 Å². The monoisotopic (exact) mass is 363 g/mol. The summed E-state index contributed by atoms with van der Waals surface area (Å²) in [6, 6.07) is 9.57. The second kappa shape index (κ2) is 8.47. The number of carbonyl (C=O) groups is 1. The Bertz CT molecular complexity index is 711. The zero-order valence-corrected chi connectivity index (χ0v) is 14.8. The number of aliphatic hydroxyl groups excluding tert-OH is 1. The van der Waals surface area contributed by atoms with E-state index in [-0.39, 0.29) is 12.5 Å². The second-order valence-corrected chi connectivity index (χ2v) is 6.59. The van der Waals surface area contributed by atoms with Crippen LogP contribution in [0.25, 0.3) is 0 Å². The van der Waals surface area contributed by atoms with Crippen molar-refractivity contribution in [1.82, 2.24) is 15.0 Å². The Morgan fingerprint density at radius 3 is 2.56 bits per heavy atom. The molecule has 3 rings (SSSR count). The van der Waals surface area contributed by atoms with Gasteiger partial charge in [0.05, 0.1) is 6.61 Å². The Morgan fingerprint density at radius 1 is 1.20 bits per heavy atom. The van der Waals surface area contributed by atoms with E-state index in [0.717, 1.165) is 43.9 Å². The van der Waals surface area contributed by atoms with E-state index < -0.39 is 0 Å². The molecule has 1 amide bonds. The largest absolute Gasteiger partial charge is 0.392 e. The molecule has 0 bridgehead atoms. The van der Waals surface area contributed by atoms with E-state index >= 15 is 0 Å². The third-order valence-electron chi connectivity index (χ3n) is 4.52. The number of aryl methyl sites for hydroxylation is 1. The molecule has 1 aliphatic rings. The van der Waals surface area contributed by atoms with E-state index in [4.69, 9.17) is 16.1 Å². The van der Waals surface area contributed by atoms with Gasteiger partial charge in [-0.2, -0.15) is 0 Å². The molecule has 2 heterocycles. The van der Waals surface area contributed by atoms with Gasteiger partial charge in [0.2, 0.25) is 5.91 Å². The molecule has 0 saturated carbocycles. The molecular formula is C18H22ClN3O3. The minimum Gasteiger partial charge on any atom is -0.392 e. The predicted molar refractivity (Wildman–Crippen MR) is 94.1 cm³/mol. The van der Waals surface area contributed by atoms with Crippen LogP contribution in [-0.2, 0) is 24.4 Å². The summed E-state index contributed by atoms with van der Waals surface area (Å²) in [5, 5.41) is 13.4. The van der Waals surface area contributed by atoms with Crippen molar-refractivity contribution in [3.8, 4) is 0 Å². The van der Waals surface area contributed by atoms with E-state index in [1.807, 2.05) is 29.2 Å². The first kappa shape index (κ1) is 17.9. The van der Waals surface area contributed by atoms with Crippen LogP contribution in [0.2, 0.25) is 5.15 Å². The predicted octanol–water partition coefficient (Wildman–Crippen LogP) is 2.10. The molecule has 0 spiro atoms. The number of aromatic nitrogens is 1. The maximum Gasteiger partial charge on any atom is 0.223 e. The van der Waals surface area contributed by atoms with Crippen molar-refractivity contribution < 1.29 is 14.4 Å². The van der Waals surface area contributed by atoms with Gasteiger partial charge in [-0.05, 0) is 11.1 Å². The number of hydrogen-bond donors (Lipinski definition) is 1. The summed E-state index contributed by atoms with van der Waals surface area (Å²) >= 11 is 5.71. The van der Waals surface area contributed by atoms with Gasteiger partial charge in [-0.25, -0.2) is 0 Å². The van der Waals surface area contributed by atoms with Crippen molar-refractivity contribution in [2.45, 2.75) is 26.0 Å². The SMILES string of the molecule is O=C(CCc1cc(Cl)no1)N1CCN(Cc2ccccc2CO)CC1. The second-order valence-electron chi connectivity index (χ2n) is 6.20. The van der Waals surface area contributed by atoms with Crippen molar-refractivity contribution in [2.75, 3.05) is 26.2 Å². The lowest BCUT2D eigenvalue weighted by atomic mass is 10.1. The lowest BCUT2D eigenvalue weighted by molar-refractivity contribution is -0.133. The van der Waals surface area contributed by atoms with Crippen LogP contribution in [0, 0.1) is 0 Å². The average molecular weight is 364 g/mol. The molecule has 1 fully saturated rings. The molecule has 1 N–H and O–H groups in total. The molecule has 7 heteroatoms. The Labute approximate surface area is 152 Å². The topological polar surface area (TPSA) is 69.8 Å². The Kier molecular flexibility index (Phi) is 6.07. The highest BCUT2D eigenvalue weighted by Gasteiger charge is 2.21. The Balaban J connectivity index is 1.45. The van der Waals surface area contributed by atoms with Crippen molar-refractivity contribution >= 4 is 17.5 Å². The van der Waals surface area contributed by atoms with Crippen LogP contribution >= 0.6 is 11.6 Å². The van der Waals surface area contributed by atoms with Crippen molar-refractivity contribution in [3.63, 3.8) is 0 Å². The Morgan fingerprint density at radius 2 is 1.92 bits per heavy atom. The fourth-order valence-corrected chi connectivity index (χ4v) is 3.21. The van der Waals surface area contributed by atoms with Gasteiger partial charge in [0.15, 0.2) is 5.15 Å². The third kappa shape index (κ3) is 4.81. The number of halogens is 1. The molecule has 6 nitrogen and oxygen atoms in total. The molecule has 0 aliphatic carbocycles. The number of piperazine rings is 1. The molecule has 1 aromatic heterocycles. The summed E-state index contributed by atoms with van der Waals surface area (Å²) in [4.78, 5) is 16.5. The van der Waals surface area contributed by atoms with Crippen molar-refractivity contribution in [1.29, 1.82) is 0 Å². The van der Waals surface area contributed by atoms with Crippen LogP contribution in [0.1, 0.15) is 23.3 Å². The number of rotatable bonds is 6. The molecular weight excluding hydrogens is 342 g/mol. The number of amides is 1. The summed E-state index contributed by atoms with van der Waals surface area (Å²) in [5.41, 5.74) is 2.11. The van der Waals surface area contributed by atoms with Crippen LogP contribution in [0.4, 0.5) is 0 Å². The Hall–Kier alpha value is -1.89. The van der Waals surface area contributed by atoms with E-state index in [1.54, 1.807) is 6.07 Å². The fourth-order valence-electron chi connectivity index (χ4n) is 3.06. The molecule has 0 radical (unpaired) electrons. The first-order valence-corrected chi connectivity index (χ1v) is 8.82. The molecule has 1 aromatic carbocycles. The van der Waals surface area contributed by atoms with Gasteiger partial charge in [-0.15, -0.1) is 0 Å². The van der Waals surface area contributed by atoms with Crippen LogP contribution in [-0.4, -0.2) is 52.1 Å². The van der Waals surface area contributed by atoms with Gasteiger partial charge in [0.1, 0.15) is 5.76 Å². The lowest BCUT2D eigenvalue weighted by Gasteiger charge is -2.35. The van der Waals surface area contributed by atoms with Gasteiger partial charge in [-0.1, -0.05) is 41.0 Å². The summed E-state index contributed by atoms with van der Waals surface area (Å²) in [5.74, 6) is 0.764. The highest BCUT2D eigenvalue weighted by Crippen LogP contribution is 2.15. The van der Waals surface area contributed by atoms with Crippen LogP contribution < -0.4 is 0 Å². The molecule has 2 aromatic rings. The fraction of sp³-hybridized carbons (Fsp3) is 0.444. The van der Waals surface area contributed by atoms with Gasteiger partial charge in [-0.3, -0.25) is 9.69 Å². The summed E-state index contributed by atoms with van der Waals surface area (Å²) in [7, 11) is 0. The number of benzene rings is 1. The standard InChI is InChI=1S/C18H22ClN3O3/c19-17-11-16(25-20-17)5-6-18(24)22-9-7-21(8-10-22)12-14-3-1-2-4-15(14)13-23/h1-4,11,23H,5-10,12-13H2. The molecule has 25 heavy (non-hydrogen) atoms. The minimum absolute atomic E-state index is 0.0558. The molecule has 0 atom stereocenters. The molecule has 0 unspecified atom stereocenters. The maximum absolute atomic E-state index is 12.3. The normalized spacial score (nSPS) is 15.5. The van der Waals surface area contributed by atoms with Crippen LogP contribution in [0.15, 0.2) is 34.9 Å². The quantitative estimate of drug-likeness (QED) is 0.851. The van der Waals surface area contributed by atoms with Gasteiger partial charge in [0, 0.05) is 51.6 Å². The zero-order chi connectivity index (χ0) is 17.6. The minimum atomic E-state index is 0.0558. The zero-order valence-electron chi connectivity index (χ0n) is 14.0. The average Bonchev–Trinajstić information content (AvgIpc) is 3.06. The first-order valence-electron chi connectivity index (χ1n) is 8.44. The van der Waals surface area contributed by atoms with Gasteiger partial charge >= 0.3 is 0 Å². The third-order valence-corrected chi connectivity index (χ3v) is 4.70. The molecule has 1 aliphatic heterocycles. The van der Waals surface area contributed by atoms with E-state index in [0.29, 0.717) is 23.8 Å². The van der Waals surface area contributed by atoms with E-state index in [2.05, 4.69) is 10.1 Å². The van der Waals surface area contributed by atoms with E-state index in [9.17, 15) is 9.90 Å². The van der Waals surface area contributed by atoms with Crippen molar-refractivity contribution in [2.24, 2.45) is 0 Å². The van der Waals surface area contributed by atoms with Gasteiger partial charge < -0.3 is 14.5 Å². The number of hydrogen-bond acceptors (Lipinski definition) is 5.